The van der Waals surface area contributed by atoms with Crippen LogP contribution in [0.15, 0.2) is 24.3 Å². The summed E-state index contributed by atoms with van der Waals surface area (Å²) in [5, 5.41) is 22.3. The van der Waals surface area contributed by atoms with E-state index in [1.54, 1.807) is 7.11 Å². The largest absolute Gasteiger partial charge is 0.480 e. The number of hydrogen-bond donors (Lipinski definition) is 2. The van der Waals surface area contributed by atoms with Gasteiger partial charge in [0.2, 0.25) is 0 Å². The summed E-state index contributed by atoms with van der Waals surface area (Å²) < 4.78 is 4.96. The van der Waals surface area contributed by atoms with Crippen LogP contribution in [0.1, 0.15) is 18.5 Å². The Kier molecular flexibility index (Phi) is 5.05. The molecule has 0 aliphatic carbocycles. The number of carboxylic acids is 1. The molecule has 0 aliphatic rings. The summed E-state index contributed by atoms with van der Waals surface area (Å²) >= 11 is 0. The van der Waals surface area contributed by atoms with Crippen molar-refractivity contribution in [1.82, 2.24) is 10.2 Å². The van der Waals surface area contributed by atoms with Crippen molar-refractivity contribution < 1.29 is 14.6 Å². The molecule has 0 amide bonds. The maximum atomic E-state index is 11.3. The molecule has 0 radical (unpaired) electrons. The molecular formula is C15H19N3O3. The lowest BCUT2D eigenvalue weighted by Gasteiger charge is -2.16. The Bertz CT molecular complexity index is 631. The van der Waals surface area contributed by atoms with Gasteiger partial charge in [-0.05, 0) is 19.8 Å². The number of aromatic nitrogens is 2. The van der Waals surface area contributed by atoms with E-state index in [1.807, 2.05) is 31.2 Å². The molecule has 1 heterocycles. The molecule has 6 heteroatoms. The number of carbonyl (C=O) groups is 1. The van der Waals surface area contributed by atoms with Gasteiger partial charge in [-0.1, -0.05) is 24.3 Å². The van der Waals surface area contributed by atoms with Crippen LogP contribution in [-0.4, -0.2) is 41.0 Å². The average molecular weight is 289 g/mol. The molecule has 0 spiro atoms. The molecular weight excluding hydrogens is 270 g/mol. The molecule has 2 rings (SSSR count). The number of hydrogen-bond acceptors (Lipinski definition) is 5. The number of benzene rings is 1. The van der Waals surface area contributed by atoms with Crippen LogP contribution in [0.3, 0.4) is 0 Å². The van der Waals surface area contributed by atoms with Gasteiger partial charge in [-0.3, -0.25) is 0 Å². The Hall–Kier alpha value is -2.21. The molecule has 0 bridgehead atoms. The van der Waals surface area contributed by atoms with E-state index < -0.39 is 12.0 Å². The second-order valence-corrected chi connectivity index (χ2v) is 4.85. The molecule has 1 atom stereocenters. The van der Waals surface area contributed by atoms with E-state index in [4.69, 9.17) is 4.74 Å². The van der Waals surface area contributed by atoms with E-state index in [-0.39, 0.29) is 0 Å². The number of aryl methyl sites for hydroxylation is 1. The normalized spacial score (nSPS) is 12.3. The van der Waals surface area contributed by atoms with Crippen LogP contribution >= 0.6 is 0 Å². The Morgan fingerprint density at radius 1 is 1.33 bits per heavy atom. The van der Waals surface area contributed by atoms with Gasteiger partial charge in [0.05, 0.1) is 5.69 Å². The van der Waals surface area contributed by atoms with E-state index in [0.717, 1.165) is 16.5 Å². The van der Waals surface area contributed by atoms with Gasteiger partial charge in [-0.25, -0.2) is 4.79 Å². The van der Waals surface area contributed by atoms with Crippen molar-refractivity contribution in [3.8, 4) is 0 Å². The number of rotatable bonds is 7. The number of carboxylic acid groups (broad SMARTS) is 1. The first-order chi connectivity index (χ1) is 10.1. The zero-order valence-electron chi connectivity index (χ0n) is 12.2. The predicted molar refractivity (Wildman–Crippen MR) is 80.4 cm³/mol. The van der Waals surface area contributed by atoms with Crippen LogP contribution in [0.4, 0.5) is 5.82 Å². The van der Waals surface area contributed by atoms with E-state index in [2.05, 4.69) is 15.5 Å². The highest BCUT2D eigenvalue weighted by Gasteiger charge is 2.19. The molecule has 1 unspecified atom stereocenters. The summed E-state index contributed by atoms with van der Waals surface area (Å²) in [6, 6.07) is 6.97. The fourth-order valence-corrected chi connectivity index (χ4v) is 2.20. The Balaban J connectivity index is 2.24. The smallest absolute Gasteiger partial charge is 0.326 e. The zero-order chi connectivity index (χ0) is 15.2. The van der Waals surface area contributed by atoms with Crippen molar-refractivity contribution in [1.29, 1.82) is 0 Å². The minimum atomic E-state index is -0.905. The number of nitrogens with zero attached hydrogens (tertiary/aromatic N) is 2. The van der Waals surface area contributed by atoms with Crippen LogP contribution in [0.2, 0.25) is 0 Å². The number of aliphatic carboxylic acids is 1. The molecule has 0 saturated heterocycles. The molecule has 0 saturated carbocycles. The molecule has 1 aromatic heterocycles. The van der Waals surface area contributed by atoms with E-state index in [0.29, 0.717) is 25.3 Å². The maximum absolute atomic E-state index is 11.3. The molecule has 21 heavy (non-hydrogen) atoms. The molecule has 1 aromatic carbocycles. The van der Waals surface area contributed by atoms with Crippen LogP contribution in [-0.2, 0) is 9.53 Å². The highest BCUT2D eigenvalue weighted by molar-refractivity contribution is 5.94. The van der Waals surface area contributed by atoms with Gasteiger partial charge in [-0.2, -0.15) is 5.10 Å². The van der Waals surface area contributed by atoms with Crippen LogP contribution < -0.4 is 5.32 Å². The maximum Gasteiger partial charge on any atom is 0.326 e. The highest BCUT2D eigenvalue weighted by atomic mass is 16.5. The zero-order valence-corrected chi connectivity index (χ0v) is 12.2. The second kappa shape index (κ2) is 6.99. The fourth-order valence-electron chi connectivity index (χ4n) is 2.20. The standard InChI is InChI=1S/C15H19N3O3/c1-10-11-6-3-4-7-12(11)14(18-17-10)16-13(15(19)20)8-5-9-21-2/h3-4,6-7,13H,5,8-9H2,1-2H3,(H,16,18)(H,19,20). The van der Waals surface area contributed by atoms with Gasteiger partial charge in [-0.15, -0.1) is 5.10 Å². The van der Waals surface area contributed by atoms with Crippen LogP contribution in [0, 0.1) is 6.92 Å². The van der Waals surface area contributed by atoms with Crippen LogP contribution in [0.25, 0.3) is 10.8 Å². The van der Waals surface area contributed by atoms with Gasteiger partial charge in [0.1, 0.15) is 6.04 Å². The van der Waals surface area contributed by atoms with E-state index in [9.17, 15) is 9.90 Å². The molecule has 2 aromatic rings. The van der Waals surface area contributed by atoms with E-state index in [1.165, 1.54) is 0 Å². The number of ether oxygens (including phenoxy) is 1. The van der Waals surface area contributed by atoms with Crippen molar-refractivity contribution in [2.45, 2.75) is 25.8 Å². The summed E-state index contributed by atoms with van der Waals surface area (Å²) in [6.07, 6.45) is 1.13. The third kappa shape index (κ3) is 3.66. The molecule has 0 fully saturated rings. The van der Waals surface area contributed by atoms with Gasteiger partial charge in [0, 0.05) is 24.5 Å². The monoisotopic (exact) mass is 289 g/mol. The lowest BCUT2D eigenvalue weighted by Crippen LogP contribution is -2.30. The van der Waals surface area contributed by atoms with Gasteiger partial charge >= 0.3 is 5.97 Å². The van der Waals surface area contributed by atoms with Gasteiger partial charge in [0.15, 0.2) is 5.82 Å². The minimum Gasteiger partial charge on any atom is -0.480 e. The van der Waals surface area contributed by atoms with Crippen molar-refractivity contribution in [2.75, 3.05) is 19.0 Å². The third-order valence-electron chi connectivity index (χ3n) is 3.32. The van der Waals surface area contributed by atoms with Crippen molar-refractivity contribution in [2.24, 2.45) is 0 Å². The molecule has 112 valence electrons. The lowest BCUT2D eigenvalue weighted by atomic mass is 10.1. The van der Waals surface area contributed by atoms with Crippen molar-refractivity contribution in [3.63, 3.8) is 0 Å². The topological polar surface area (TPSA) is 84.3 Å². The molecule has 0 aliphatic heterocycles. The second-order valence-electron chi connectivity index (χ2n) is 4.85. The summed E-state index contributed by atoms with van der Waals surface area (Å²) in [4.78, 5) is 11.3. The SMILES string of the molecule is COCCCC(Nc1nnc(C)c2ccccc12)C(=O)O. The first-order valence-corrected chi connectivity index (χ1v) is 6.83. The fraction of sp³-hybridized carbons (Fsp3) is 0.400. The number of fused-ring (bicyclic) bond motifs is 1. The molecule has 6 nitrogen and oxygen atoms in total. The molecule has 2 N–H and O–H groups in total. The van der Waals surface area contributed by atoms with Gasteiger partial charge < -0.3 is 15.2 Å². The van der Waals surface area contributed by atoms with Gasteiger partial charge in [0.25, 0.3) is 0 Å². The number of anilines is 1. The minimum absolute atomic E-state index is 0.465. The Morgan fingerprint density at radius 3 is 2.71 bits per heavy atom. The highest BCUT2D eigenvalue weighted by Crippen LogP contribution is 2.23. The number of nitrogens with one attached hydrogen (secondary N) is 1. The first kappa shape index (κ1) is 15.2. The van der Waals surface area contributed by atoms with Crippen LogP contribution in [0.5, 0.6) is 0 Å². The summed E-state index contributed by atoms with van der Waals surface area (Å²) in [5.41, 5.74) is 0.822. The Labute approximate surface area is 123 Å². The lowest BCUT2D eigenvalue weighted by molar-refractivity contribution is -0.138. The predicted octanol–water partition coefficient (Wildman–Crippen LogP) is 2.23. The first-order valence-electron chi connectivity index (χ1n) is 6.83. The van der Waals surface area contributed by atoms with E-state index >= 15 is 0 Å². The van der Waals surface area contributed by atoms with Crippen molar-refractivity contribution >= 4 is 22.6 Å². The summed E-state index contributed by atoms with van der Waals surface area (Å²) in [5.74, 6) is -0.404. The van der Waals surface area contributed by atoms with Crippen molar-refractivity contribution in [3.05, 3.63) is 30.0 Å². The summed E-state index contributed by atoms with van der Waals surface area (Å²) in [7, 11) is 1.60. The summed E-state index contributed by atoms with van der Waals surface area (Å²) in [6.45, 7) is 2.41. The Morgan fingerprint density at radius 2 is 2.05 bits per heavy atom. The average Bonchev–Trinajstić information content (AvgIpc) is 2.49. The third-order valence-corrected chi connectivity index (χ3v) is 3.32. The quantitative estimate of drug-likeness (QED) is 0.760. The number of methoxy groups -OCH3 is 1.